The van der Waals surface area contributed by atoms with Crippen LogP contribution >= 0.6 is 12.4 Å². The van der Waals surface area contributed by atoms with Crippen LogP contribution in [0.5, 0.6) is 0 Å². The van der Waals surface area contributed by atoms with Crippen molar-refractivity contribution >= 4 is 24.0 Å². The summed E-state index contributed by atoms with van der Waals surface area (Å²) in [6.07, 6.45) is 3.37. The van der Waals surface area contributed by atoms with Crippen LogP contribution in [-0.2, 0) is 0 Å². The van der Waals surface area contributed by atoms with Crippen molar-refractivity contribution in [2.24, 2.45) is 5.92 Å². The van der Waals surface area contributed by atoms with Gasteiger partial charge in [0.2, 0.25) is 0 Å². The Bertz CT molecular complexity index is 531. The minimum atomic E-state index is -0.454. The monoisotopic (exact) mass is 327 g/mol. The number of nitro benzene ring substituents is 1. The summed E-state index contributed by atoms with van der Waals surface area (Å²) in [7, 11) is 0. The zero-order valence-corrected chi connectivity index (χ0v) is 13.4. The molecule has 2 rings (SSSR count). The van der Waals surface area contributed by atoms with Gasteiger partial charge < -0.3 is 10.6 Å². The number of amides is 1. The Labute approximate surface area is 136 Å². The number of non-ortho nitro benzene ring substituents is 1. The van der Waals surface area contributed by atoms with Gasteiger partial charge in [-0.2, -0.15) is 0 Å². The van der Waals surface area contributed by atoms with Crippen LogP contribution in [0.3, 0.4) is 0 Å². The van der Waals surface area contributed by atoms with Crippen LogP contribution in [0.2, 0.25) is 0 Å². The number of hydrogen-bond acceptors (Lipinski definition) is 4. The molecule has 1 unspecified atom stereocenters. The molecule has 1 aliphatic rings. The number of halogens is 1. The van der Waals surface area contributed by atoms with Gasteiger partial charge in [-0.05, 0) is 56.8 Å². The van der Waals surface area contributed by atoms with E-state index >= 15 is 0 Å². The van der Waals surface area contributed by atoms with Gasteiger partial charge >= 0.3 is 0 Å². The lowest BCUT2D eigenvalue weighted by Crippen LogP contribution is -2.33. The first-order valence-electron chi connectivity index (χ1n) is 7.32. The van der Waals surface area contributed by atoms with E-state index in [1.54, 1.807) is 6.92 Å². The first-order valence-corrected chi connectivity index (χ1v) is 7.32. The molecule has 1 atom stereocenters. The van der Waals surface area contributed by atoms with Gasteiger partial charge in [0.25, 0.3) is 11.6 Å². The van der Waals surface area contributed by atoms with E-state index in [0.29, 0.717) is 23.6 Å². The summed E-state index contributed by atoms with van der Waals surface area (Å²) in [6.45, 7) is 4.46. The molecule has 0 saturated carbocycles. The highest BCUT2D eigenvalue weighted by molar-refractivity contribution is 5.95. The molecule has 2 N–H and O–H groups in total. The molecule has 1 aromatic carbocycles. The number of aryl methyl sites for hydroxylation is 1. The molecule has 0 spiro atoms. The average Bonchev–Trinajstić information content (AvgIpc) is 2.48. The lowest BCUT2D eigenvalue weighted by atomic mass is 9.96. The van der Waals surface area contributed by atoms with Crippen LogP contribution in [-0.4, -0.2) is 30.5 Å². The predicted octanol–water partition coefficient (Wildman–Crippen LogP) is 2.44. The molecule has 1 aromatic rings. The summed E-state index contributed by atoms with van der Waals surface area (Å²) >= 11 is 0. The first kappa shape index (κ1) is 18.4. The molecule has 1 aliphatic heterocycles. The summed E-state index contributed by atoms with van der Waals surface area (Å²) in [4.78, 5) is 22.3. The number of benzene rings is 1. The summed E-state index contributed by atoms with van der Waals surface area (Å²) in [5.74, 6) is 0.461. The van der Waals surface area contributed by atoms with Crippen molar-refractivity contribution in [2.75, 3.05) is 19.6 Å². The molecular formula is C15H22ClN3O3. The van der Waals surface area contributed by atoms with Crippen LogP contribution in [0.1, 0.15) is 35.2 Å². The van der Waals surface area contributed by atoms with E-state index in [1.807, 2.05) is 0 Å². The average molecular weight is 328 g/mol. The molecule has 0 aromatic heterocycles. The van der Waals surface area contributed by atoms with Crippen LogP contribution in [0.15, 0.2) is 18.2 Å². The smallest absolute Gasteiger partial charge is 0.269 e. The molecule has 7 heteroatoms. The molecule has 22 heavy (non-hydrogen) atoms. The fourth-order valence-corrected chi connectivity index (χ4v) is 2.67. The molecule has 0 bridgehead atoms. The van der Waals surface area contributed by atoms with Crippen molar-refractivity contribution in [1.29, 1.82) is 0 Å². The molecule has 6 nitrogen and oxygen atoms in total. The standard InChI is InChI=1S/C15H21N3O3.ClH/c1-11-9-13(18(20)21)4-5-14(11)15(19)17-8-6-12-3-2-7-16-10-12;/h4-5,9,12,16H,2-3,6-8,10H2,1H3,(H,17,19);1H. The van der Waals surface area contributed by atoms with E-state index in [2.05, 4.69) is 10.6 Å². The second kappa shape index (κ2) is 8.70. The van der Waals surface area contributed by atoms with Gasteiger partial charge in [-0.25, -0.2) is 0 Å². The topological polar surface area (TPSA) is 84.3 Å². The van der Waals surface area contributed by atoms with E-state index in [9.17, 15) is 14.9 Å². The lowest BCUT2D eigenvalue weighted by Gasteiger charge is -2.22. The van der Waals surface area contributed by atoms with Crippen molar-refractivity contribution in [2.45, 2.75) is 26.2 Å². The molecule has 1 fully saturated rings. The number of hydrogen-bond donors (Lipinski definition) is 2. The maximum absolute atomic E-state index is 12.1. The SMILES string of the molecule is Cc1cc([N+](=O)[O-])ccc1C(=O)NCCC1CCCNC1.Cl. The number of rotatable bonds is 5. The number of carbonyl (C=O) groups is 1. The Kier molecular flexibility index (Phi) is 7.27. The highest BCUT2D eigenvalue weighted by Gasteiger charge is 2.15. The maximum atomic E-state index is 12.1. The largest absolute Gasteiger partial charge is 0.352 e. The van der Waals surface area contributed by atoms with E-state index < -0.39 is 4.92 Å². The molecular weight excluding hydrogens is 306 g/mol. The van der Waals surface area contributed by atoms with Gasteiger partial charge in [0, 0.05) is 24.2 Å². The molecule has 0 radical (unpaired) electrons. The van der Waals surface area contributed by atoms with Crippen molar-refractivity contribution < 1.29 is 9.72 Å². The number of carbonyl (C=O) groups excluding carboxylic acids is 1. The Balaban J connectivity index is 0.00000242. The van der Waals surface area contributed by atoms with E-state index in [-0.39, 0.29) is 24.0 Å². The van der Waals surface area contributed by atoms with Gasteiger partial charge in [0.05, 0.1) is 4.92 Å². The van der Waals surface area contributed by atoms with E-state index in [0.717, 1.165) is 19.5 Å². The zero-order chi connectivity index (χ0) is 15.2. The minimum Gasteiger partial charge on any atom is -0.352 e. The normalized spacial score (nSPS) is 17.4. The highest BCUT2D eigenvalue weighted by atomic mass is 35.5. The number of nitro groups is 1. The summed E-state index contributed by atoms with van der Waals surface area (Å²) < 4.78 is 0. The van der Waals surface area contributed by atoms with Crippen LogP contribution in [0, 0.1) is 23.0 Å². The first-order chi connectivity index (χ1) is 10.1. The Hall–Kier alpha value is -1.66. The number of nitrogens with one attached hydrogen (secondary N) is 2. The number of piperidine rings is 1. The molecule has 1 amide bonds. The zero-order valence-electron chi connectivity index (χ0n) is 12.6. The third-order valence-corrected chi connectivity index (χ3v) is 3.90. The molecule has 1 heterocycles. The lowest BCUT2D eigenvalue weighted by molar-refractivity contribution is -0.384. The fraction of sp³-hybridized carbons (Fsp3) is 0.533. The molecule has 1 saturated heterocycles. The summed E-state index contributed by atoms with van der Waals surface area (Å²) in [5.41, 5.74) is 1.14. The third kappa shape index (κ3) is 4.96. The van der Waals surface area contributed by atoms with Gasteiger partial charge in [0.1, 0.15) is 0 Å². The predicted molar refractivity (Wildman–Crippen MR) is 87.6 cm³/mol. The van der Waals surface area contributed by atoms with Crippen molar-refractivity contribution in [3.05, 3.63) is 39.4 Å². The Morgan fingerprint density at radius 3 is 2.86 bits per heavy atom. The quantitative estimate of drug-likeness (QED) is 0.642. The van der Waals surface area contributed by atoms with E-state index in [4.69, 9.17) is 0 Å². The molecule has 122 valence electrons. The third-order valence-electron chi connectivity index (χ3n) is 3.90. The second-order valence-electron chi connectivity index (χ2n) is 5.51. The van der Waals surface area contributed by atoms with Gasteiger partial charge in [-0.15, -0.1) is 12.4 Å². The van der Waals surface area contributed by atoms with Gasteiger partial charge in [0.15, 0.2) is 0 Å². The number of nitrogens with zero attached hydrogens (tertiary/aromatic N) is 1. The van der Waals surface area contributed by atoms with Crippen LogP contribution in [0.25, 0.3) is 0 Å². The van der Waals surface area contributed by atoms with Crippen molar-refractivity contribution in [1.82, 2.24) is 10.6 Å². The molecule has 0 aliphatic carbocycles. The second-order valence-corrected chi connectivity index (χ2v) is 5.51. The fourth-order valence-electron chi connectivity index (χ4n) is 2.67. The van der Waals surface area contributed by atoms with Gasteiger partial charge in [-0.3, -0.25) is 14.9 Å². The van der Waals surface area contributed by atoms with Crippen LogP contribution in [0.4, 0.5) is 5.69 Å². The van der Waals surface area contributed by atoms with E-state index in [1.165, 1.54) is 31.0 Å². The summed E-state index contributed by atoms with van der Waals surface area (Å²) in [6, 6.07) is 4.32. The Morgan fingerprint density at radius 2 is 2.27 bits per heavy atom. The van der Waals surface area contributed by atoms with Gasteiger partial charge in [-0.1, -0.05) is 0 Å². The van der Waals surface area contributed by atoms with Crippen molar-refractivity contribution in [3.8, 4) is 0 Å². The van der Waals surface area contributed by atoms with Crippen molar-refractivity contribution in [3.63, 3.8) is 0 Å². The maximum Gasteiger partial charge on any atom is 0.269 e. The Morgan fingerprint density at radius 1 is 1.50 bits per heavy atom. The highest BCUT2D eigenvalue weighted by Crippen LogP contribution is 2.17. The van der Waals surface area contributed by atoms with Crippen LogP contribution < -0.4 is 10.6 Å². The minimum absolute atomic E-state index is 0. The summed E-state index contributed by atoms with van der Waals surface area (Å²) in [5, 5.41) is 16.9.